The van der Waals surface area contributed by atoms with Gasteiger partial charge in [0.2, 0.25) is 9.84 Å². The number of anilines is 1. The Bertz CT molecular complexity index is 1660. The molecule has 0 aliphatic rings. The summed E-state index contributed by atoms with van der Waals surface area (Å²) < 4.78 is 27.6. The second kappa shape index (κ2) is 8.87. The summed E-state index contributed by atoms with van der Waals surface area (Å²) in [5, 5.41) is 0.673. The topological polar surface area (TPSA) is 73.1 Å². The number of rotatable bonds is 4. The molecular formula is C30H28N2O2S2. The van der Waals surface area contributed by atoms with Crippen molar-refractivity contribution in [2.24, 2.45) is 0 Å². The highest BCUT2D eigenvalue weighted by molar-refractivity contribution is 7.93. The molecule has 4 nitrogen and oxygen atoms in total. The third-order valence-electron chi connectivity index (χ3n) is 6.37. The summed E-state index contributed by atoms with van der Waals surface area (Å²) in [5.74, 6) is 0. The molecule has 0 saturated heterocycles. The highest BCUT2D eigenvalue weighted by Crippen LogP contribution is 2.44. The van der Waals surface area contributed by atoms with E-state index in [1.807, 2.05) is 79.7 Å². The lowest BCUT2D eigenvalue weighted by Crippen LogP contribution is -2.11. The maximum Gasteiger partial charge on any atom is 0.218 e. The summed E-state index contributed by atoms with van der Waals surface area (Å²) in [5.41, 5.74) is 12.6. The van der Waals surface area contributed by atoms with E-state index in [-0.39, 0.29) is 20.2 Å². The molecule has 2 N–H and O–H groups in total. The van der Waals surface area contributed by atoms with Gasteiger partial charge in [-0.25, -0.2) is 13.4 Å². The van der Waals surface area contributed by atoms with Gasteiger partial charge in [-0.15, -0.1) is 11.3 Å². The van der Waals surface area contributed by atoms with Crippen LogP contribution in [0, 0.1) is 6.92 Å². The van der Waals surface area contributed by atoms with Gasteiger partial charge in [0.05, 0.1) is 16.3 Å². The minimum absolute atomic E-state index is 0.0696. The van der Waals surface area contributed by atoms with Crippen molar-refractivity contribution in [2.75, 3.05) is 5.73 Å². The Hall–Kier alpha value is -3.48. The van der Waals surface area contributed by atoms with E-state index in [4.69, 9.17) is 10.7 Å². The molecule has 182 valence electrons. The molecule has 0 amide bonds. The third-order valence-corrected chi connectivity index (χ3v) is 9.77. The van der Waals surface area contributed by atoms with Crippen molar-refractivity contribution in [1.82, 2.24) is 4.98 Å². The average molecular weight is 513 g/mol. The van der Waals surface area contributed by atoms with Crippen LogP contribution in [0.25, 0.3) is 32.6 Å². The Morgan fingerprint density at radius 2 is 1.47 bits per heavy atom. The predicted molar refractivity (Wildman–Crippen MR) is 150 cm³/mol. The fourth-order valence-electron chi connectivity index (χ4n) is 4.26. The molecule has 5 rings (SSSR count). The van der Waals surface area contributed by atoms with Crippen molar-refractivity contribution in [3.63, 3.8) is 0 Å². The van der Waals surface area contributed by atoms with Crippen LogP contribution in [-0.2, 0) is 15.3 Å². The zero-order chi connectivity index (χ0) is 25.7. The molecule has 0 aliphatic carbocycles. The smallest absolute Gasteiger partial charge is 0.218 e. The van der Waals surface area contributed by atoms with Crippen molar-refractivity contribution in [3.05, 3.63) is 96.1 Å². The molecule has 3 aromatic carbocycles. The van der Waals surface area contributed by atoms with Crippen molar-refractivity contribution in [3.8, 4) is 22.4 Å². The van der Waals surface area contributed by atoms with E-state index in [2.05, 4.69) is 20.8 Å². The van der Waals surface area contributed by atoms with E-state index >= 15 is 0 Å². The molecular weight excluding hydrogens is 484 g/mol. The first kappa shape index (κ1) is 24.2. The van der Waals surface area contributed by atoms with E-state index in [0.717, 1.165) is 44.8 Å². The largest absolute Gasteiger partial charge is 0.396 e. The number of nitrogen functional groups attached to an aromatic ring is 1. The van der Waals surface area contributed by atoms with Crippen LogP contribution >= 0.6 is 11.3 Å². The van der Waals surface area contributed by atoms with Gasteiger partial charge in [-0.2, -0.15) is 0 Å². The van der Waals surface area contributed by atoms with Crippen LogP contribution in [0.4, 0.5) is 5.69 Å². The molecule has 0 unspecified atom stereocenters. The number of pyridine rings is 1. The van der Waals surface area contributed by atoms with E-state index in [1.54, 1.807) is 12.1 Å². The number of benzene rings is 3. The Morgan fingerprint density at radius 3 is 2.08 bits per heavy atom. The molecule has 36 heavy (non-hydrogen) atoms. The predicted octanol–water partition coefficient (Wildman–Crippen LogP) is 7.65. The lowest BCUT2D eigenvalue weighted by Gasteiger charge is -2.19. The normalized spacial score (nSPS) is 12.2. The molecule has 0 aliphatic heterocycles. The first-order chi connectivity index (χ1) is 17.1. The van der Waals surface area contributed by atoms with E-state index in [0.29, 0.717) is 10.2 Å². The minimum atomic E-state index is -3.82. The van der Waals surface area contributed by atoms with Gasteiger partial charge < -0.3 is 5.73 Å². The van der Waals surface area contributed by atoms with Gasteiger partial charge in [-0.3, -0.25) is 0 Å². The molecule has 0 saturated carbocycles. The van der Waals surface area contributed by atoms with Crippen LogP contribution in [0.1, 0.15) is 31.9 Å². The molecule has 0 fully saturated rings. The monoisotopic (exact) mass is 512 g/mol. The number of thiophene rings is 1. The second-order valence-electron chi connectivity index (χ2n) is 10.0. The van der Waals surface area contributed by atoms with Gasteiger partial charge in [-0.05, 0) is 47.2 Å². The lowest BCUT2D eigenvalue weighted by molar-refractivity contribution is 0.587. The molecule has 2 heterocycles. The average Bonchev–Trinajstić information content (AvgIpc) is 3.21. The van der Waals surface area contributed by atoms with E-state index < -0.39 is 9.84 Å². The Labute approximate surface area is 216 Å². The zero-order valence-corrected chi connectivity index (χ0v) is 22.4. The number of hydrogen-bond donors (Lipinski definition) is 1. The minimum Gasteiger partial charge on any atom is -0.396 e. The van der Waals surface area contributed by atoms with E-state index in [1.165, 1.54) is 0 Å². The number of nitrogens with zero attached hydrogens (tertiary/aromatic N) is 1. The van der Waals surface area contributed by atoms with Crippen LogP contribution in [0.5, 0.6) is 0 Å². The second-order valence-corrected chi connectivity index (χ2v) is 13.2. The maximum atomic E-state index is 13.7. The summed E-state index contributed by atoms with van der Waals surface area (Å²) in [6, 6.07) is 27.1. The van der Waals surface area contributed by atoms with Crippen LogP contribution in [-0.4, -0.2) is 13.4 Å². The van der Waals surface area contributed by atoms with Crippen molar-refractivity contribution >= 4 is 37.1 Å². The molecule has 5 aromatic rings. The van der Waals surface area contributed by atoms with Crippen molar-refractivity contribution < 1.29 is 8.42 Å². The third kappa shape index (κ3) is 4.31. The summed E-state index contributed by atoms with van der Waals surface area (Å²) in [6.45, 7) is 8.34. The van der Waals surface area contributed by atoms with Gasteiger partial charge in [0.15, 0.2) is 0 Å². The quantitative estimate of drug-likeness (QED) is 0.268. The molecule has 0 bridgehead atoms. The summed E-state index contributed by atoms with van der Waals surface area (Å²) in [4.78, 5) is 5.71. The van der Waals surface area contributed by atoms with Crippen LogP contribution < -0.4 is 5.73 Å². The van der Waals surface area contributed by atoms with Crippen LogP contribution in [0.3, 0.4) is 0 Å². The van der Waals surface area contributed by atoms with Gasteiger partial charge in [-0.1, -0.05) is 93.1 Å². The zero-order valence-electron chi connectivity index (χ0n) is 20.7. The van der Waals surface area contributed by atoms with Gasteiger partial charge in [0.25, 0.3) is 0 Å². The van der Waals surface area contributed by atoms with Gasteiger partial charge >= 0.3 is 0 Å². The van der Waals surface area contributed by atoms with Gasteiger partial charge in [0.1, 0.15) is 9.04 Å². The highest BCUT2D eigenvalue weighted by atomic mass is 32.2. The SMILES string of the molecule is Cc1ccc(-c2cc(-c3ccccc3)c3c(N)c(S(=O)(=O)c4ccc(C(C)(C)C)cc4)sc3n2)cc1. The molecule has 0 spiro atoms. The highest BCUT2D eigenvalue weighted by Gasteiger charge is 2.28. The number of nitrogens with two attached hydrogens (primary N) is 1. The standard InChI is InChI=1S/C30H28N2O2S2/c1-19-10-12-21(13-11-19)25-18-24(20-8-6-5-7-9-20)26-27(31)29(35-28(26)32-25)36(33,34)23-16-14-22(15-17-23)30(2,3)4/h5-18H,31H2,1-4H3. The number of sulfone groups is 1. The molecule has 2 aromatic heterocycles. The van der Waals surface area contributed by atoms with E-state index in [9.17, 15) is 8.42 Å². The Balaban J connectivity index is 1.73. The Morgan fingerprint density at radius 1 is 0.833 bits per heavy atom. The first-order valence-electron chi connectivity index (χ1n) is 11.8. The molecule has 0 atom stereocenters. The van der Waals surface area contributed by atoms with Crippen molar-refractivity contribution in [2.45, 2.75) is 42.2 Å². The molecule has 0 radical (unpaired) electrons. The fourth-order valence-corrected chi connectivity index (χ4v) is 7.18. The number of fused-ring (bicyclic) bond motifs is 1. The summed E-state index contributed by atoms with van der Waals surface area (Å²) in [7, 11) is -3.82. The first-order valence-corrected chi connectivity index (χ1v) is 14.1. The number of aryl methyl sites for hydroxylation is 1. The molecule has 6 heteroatoms. The lowest BCUT2D eigenvalue weighted by atomic mass is 9.87. The summed E-state index contributed by atoms with van der Waals surface area (Å²) >= 11 is 1.13. The van der Waals surface area contributed by atoms with Crippen LogP contribution in [0.15, 0.2) is 94.0 Å². The summed E-state index contributed by atoms with van der Waals surface area (Å²) in [6.07, 6.45) is 0. The number of aromatic nitrogens is 1. The number of hydrogen-bond acceptors (Lipinski definition) is 5. The van der Waals surface area contributed by atoms with Crippen molar-refractivity contribution in [1.29, 1.82) is 0 Å². The maximum absolute atomic E-state index is 13.7. The Kier molecular flexibility index (Phi) is 5.97. The fraction of sp³-hybridized carbons (Fsp3) is 0.167. The van der Waals surface area contributed by atoms with Gasteiger partial charge in [0, 0.05) is 10.9 Å². The van der Waals surface area contributed by atoms with Crippen LogP contribution in [0.2, 0.25) is 0 Å².